The third-order valence-electron chi connectivity index (χ3n) is 2.70. The van der Waals surface area contributed by atoms with Crippen LogP contribution >= 0.6 is 27.5 Å². The Kier molecular flexibility index (Phi) is 5.68. The van der Waals surface area contributed by atoms with E-state index in [1.54, 1.807) is 12.4 Å². The van der Waals surface area contributed by atoms with E-state index in [9.17, 15) is 0 Å². The summed E-state index contributed by atoms with van der Waals surface area (Å²) in [5.74, 6) is 1.46. The molecule has 1 aromatic carbocycles. The van der Waals surface area contributed by atoms with Crippen molar-refractivity contribution < 1.29 is 9.47 Å². The van der Waals surface area contributed by atoms with Gasteiger partial charge in [-0.1, -0.05) is 33.6 Å². The number of ether oxygens (including phenoxy) is 2. The highest BCUT2D eigenvalue weighted by Gasteiger charge is 2.08. The van der Waals surface area contributed by atoms with Crippen LogP contribution in [-0.4, -0.2) is 11.6 Å². The first-order chi connectivity index (χ1) is 9.74. The molecule has 0 radical (unpaired) electrons. The number of halogens is 2. The monoisotopic (exact) mass is 355 g/mol. The summed E-state index contributed by atoms with van der Waals surface area (Å²) in [5, 5.41) is 1.38. The van der Waals surface area contributed by atoms with Gasteiger partial charge in [-0.15, -0.1) is 0 Å². The van der Waals surface area contributed by atoms with Crippen LogP contribution in [0.2, 0.25) is 5.02 Å². The first-order valence-corrected chi connectivity index (χ1v) is 7.77. The maximum Gasteiger partial charge on any atom is 0.161 e. The van der Waals surface area contributed by atoms with E-state index in [1.807, 2.05) is 31.2 Å². The second-order valence-corrected chi connectivity index (χ2v) is 5.07. The Morgan fingerprint density at radius 2 is 2.05 bits per heavy atom. The minimum atomic E-state index is 0.384. The summed E-state index contributed by atoms with van der Waals surface area (Å²) in [6.45, 7) is 2.93. The lowest BCUT2D eigenvalue weighted by molar-refractivity contribution is 0.269. The molecule has 0 amide bonds. The van der Waals surface area contributed by atoms with Crippen LogP contribution in [0.1, 0.15) is 18.1 Å². The molecule has 1 aromatic heterocycles. The highest BCUT2D eigenvalue weighted by molar-refractivity contribution is 9.08. The van der Waals surface area contributed by atoms with Crippen LogP contribution in [-0.2, 0) is 11.9 Å². The summed E-state index contributed by atoms with van der Waals surface area (Å²) in [6.07, 6.45) is 3.31. The average Bonchev–Trinajstić information content (AvgIpc) is 2.47. The van der Waals surface area contributed by atoms with Gasteiger partial charge in [0, 0.05) is 23.3 Å². The molecule has 1 heterocycles. The number of hydrogen-bond donors (Lipinski definition) is 0. The number of pyridine rings is 1. The van der Waals surface area contributed by atoms with Gasteiger partial charge in [0.05, 0.1) is 11.6 Å². The molecule has 0 bridgehead atoms. The molecular formula is C15H15BrClNO2. The van der Waals surface area contributed by atoms with Crippen molar-refractivity contribution in [2.45, 2.75) is 18.9 Å². The smallest absolute Gasteiger partial charge is 0.161 e. The van der Waals surface area contributed by atoms with E-state index < -0.39 is 0 Å². The molecule has 0 saturated carbocycles. The molecule has 2 aromatic rings. The van der Waals surface area contributed by atoms with Crippen LogP contribution in [0.15, 0.2) is 36.7 Å². The standard InChI is InChI=1S/C15H15BrClNO2/c1-2-19-15-7-11(8-16)3-4-14(15)20-10-12-5-6-18-9-13(12)17/h3-7,9H,2,8,10H2,1H3. The van der Waals surface area contributed by atoms with Gasteiger partial charge in [0.1, 0.15) is 6.61 Å². The van der Waals surface area contributed by atoms with E-state index in [1.165, 1.54) is 0 Å². The van der Waals surface area contributed by atoms with E-state index in [0.717, 1.165) is 22.2 Å². The fourth-order valence-electron chi connectivity index (χ4n) is 1.70. The molecule has 2 rings (SSSR count). The van der Waals surface area contributed by atoms with Crippen LogP contribution in [0.5, 0.6) is 11.5 Å². The van der Waals surface area contributed by atoms with Crippen LogP contribution in [0.25, 0.3) is 0 Å². The van der Waals surface area contributed by atoms with Crippen LogP contribution in [0, 0.1) is 0 Å². The lowest BCUT2D eigenvalue weighted by atomic mass is 10.2. The van der Waals surface area contributed by atoms with Gasteiger partial charge >= 0.3 is 0 Å². The molecule has 0 aliphatic heterocycles. The van der Waals surface area contributed by atoms with Crippen molar-refractivity contribution in [1.82, 2.24) is 4.98 Å². The minimum Gasteiger partial charge on any atom is -0.490 e. The van der Waals surface area contributed by atoms with E-state index in [-0.39, 0.29) is 0 Å². The van der Waals surface area contributed by atoms with Crippen molar-refractivity contribution in [3.63, 3.8) is 0 Å². The van der Waals surface area contributed by atoms with Gasteiger partial charge in [0.15, 0.2) is 11.5 Å². The second-order valence-electron chi connectivity index (χ2n) is 4.10. The first-order valence-electron chi connectivity index (χ1n) is 6.27. The summed E-state index contributed by atoms with van der Waals surface area (Å²) < 4.78 is 11.4. The van der Waals surface area contributed by atoms with E-state index >= 15 is 0 Å². The predicted octanol–water partition coefficient (Wildman–Crippen LogP) is 4.61. The lowest BCUT2D eigenvalue weighted by Crippen LogP contribution is -2.01. The number of rotatable bonds is 6. The molecule has 0 unspecified atom stereocenters. The molecule has 0 saturated heterocycles. The van der Waals surface area contributed by atoms with Gasteiger partial charge in [0.25, 0.3) is 0 Å². The van der Waals surface area contributed by atoms with Crippen molar-refractivity contribution in [3.8, 4) is 11.5 Å². The van der Waals surface area contributed by atoms with Gasteiger partial charge < -0.3 is 9.47 Å². The van der Waals surface area contributed by atoms with Crippen molar-refractivity contribution in [3.05, 3.63) is 52.8 Å². The topological polar surface area (TPSA) is 31.4 Å². The minimum absolute atomic E-state index is 0.384. The summed E-state index contributed by atoms with van der Waals surface area (Å²) in [4.78, 5) is 3.95. The zero-order valence-corrected chi connectivity index (χ0v) is 13.4. The molecule has 0 N–H and O–H groups in total. The molecule has 0 atom stereocenters. The zero-order chi connectivity index (χ0) is 14.4. The van der Waals surface area contributed by atoms with Crippen LogP contribution < -0.4 is 9.47 Å². The first kappa shape index (κ1) is 15.1. The number of aromatic nitrogens is 1. The molecule has 20 heavy (non-hydrogen) atoms. The Labute approximate surface area is 132 Å². The van der Waals surface area contributed by atoms with E-state index in [4.69, 9.17) is 21.1 Å². The maximum atomic E-state index is 6.06. The number of nitrogens with zero attached hydrogens (tertiary/aromatic N) is 1. The highest BCUT2D eigenvalue weighted by atomic mass is 79.9. The van der Waals surface area contributed by atoms with Crippen molar-refractivity contribution in [1.29, 1.82) is 0 Å². The second kappa shape index (κ2) is 7.50. The van der Waals surface area contributed by atoms with Gasteiger partial charge in [-0.2, -0.15) is 0 Å². The van der Waals surface area contributed by atoms with Crippen molar-refractivity contribution in [2.75, 3.05) is 6.61 Å². The Balaban J connectivity index is 2.14. The molecule has 3 nitrogen and oxygen atoms in total. The van der Waals surface area contributed by atoms with Gasteiger partial charge in [-0.05, 0) is 30.7 Å². The van der Waals surface area contributed by atoms with Crippen molar-refractivity contribution in [2.24, 2.45) is 0 Å². The fraction of sp³-hybridized carbons (Fsp3) is 0.267. The molecular weight excluding hydrogens is 342 g/mol. The van der Waals surface area contributed by atoms with Gasteiger partial charge in [-0.3, -0.25) is 4.98 Å². The Morgan fingerprint density at radius 3 is 2.75 bits per heavy atom. The van der Waals surface area contributed by atoms with Gasteiger partial charge in [0.2, 0.25) is 0 Å². The average molecular weight is 357 g/mol. The third-order valence-corrected chi connectivity index (χ3v) is 3.69. The third kappa shape index (κ3) is 3.87. The molecule has 0 fully saturated rings. The van der Waals surface area contributed by atoms with E-state index in [2.05, 4.69) is 20.9 Å². The molecule has 0 aliphatic carbocycles. The largest absolute Gasteiger partial charge is 0.490 e. The number of hydrogen-bond acceptors (Lipinski definition) is 3. The SMILES string of the molecule is CCOc1cc(CBr)ccc1OCc1ccncc1Cl. The molecule has 0 aliphatic rings. The zero-order valence-electron chi connectivity index (χ0n) is 11.1. The van der Waals surface area contributed by atoms with Crippen LogP contribution in [0.3, 0.4) is 0 Å². The number of alkyl halides is 1. The Morgan fingerprint density at radius 1 is 1.20 bits per heavy atom. The highest BCUT2D eigenvalue weighted by Crippen LogP contribution is 2.30. The quantitative estimate of drug-likeness (QED) is 0.708. The van der Waals surface area contributed by atoms with Crippen molar-refractivity contribution >= 4 is 27.5 Å². The lowest BCUT2D eigenvalue weighted by Gasteiger charge is -2.13. The maximum absolute atomic E-state index is 6.06. The summed E-state index contributed by atoms with van der Waals surface area (Å²) in [6, 6.07) is 7.73. The predicted molar refractivity (Wildman–Crippen MR) is 83.8 cm³/mol. The van der Waals surface area contributed by atoms with Crippen LogP contribution in [0.4, 0.5) is 0 Å². The van der Waals surface area contributed by atoms with Gasteiger partial charge in [-0.25, -0.2) is 0 Å². The summed E-state index contributed by atoms with van der Waals surface area (Å²) >= 11 is 9.49. The number of benzene rings is 1. The summed E-state index contributed by atoms with van der Waals surface area (Å²) in [5.41, 5.74) is 2.04. The normalized spacial score (nSPS) is 10.3. The summed E-state index contributed by atoms with van der Waals surface area (Å²) in [7, 11) is 0. The molecule has 0 spiro atoms. The molecule has 5 heteroatoms. The fourth-order valence-corrected chi connectivity index (χ4v) is 2.22. The molecule has 106 valence electrons. The Bertz CT molecular complexity index is 578. The Hall–Kier alpha value is -1.26. The van der Waals surface area contributed by atoms with E-state index in [0.29, 0.717) is 24.0 Å².